The third-order valence-corrected chi connectivity index (χ3v) is 1.48. The Bertz CT molecular complexity index is 232. The number of aliphatic hydroxyl groups is 4. The van der Waals surface area contributed by atoms with E-state index >= 15 is 0 Å². The summed E-state index contributed by atoms with van der Waals surface area (Å²) < 4.78 is 4.32. The van der Waals surface area contributed by atoms with Crippen LogP contribution in [0.3, 0.4) is 0 Å². The minimum atomic E-state index is -1.42. The molecule has 0 saturated carbocycles. The fourth-order valence-corrected chi connectivity index (χ4v) is 0.823. The van der Waals surface area contributed by atoms with Crippen molar-refractivity contribution in [1.82, 2.24) is 0 Å². The van der Waals surface area contributed by atoms with Crippen LogP contribution < -0.4 is 0 Å². The third kappa shape index (κ3) is 1.21. The first-order chi connectivity index (χ1) is 5.57. The second kappa shape index (κ2) is 3.00. The highest BCUT2D eigenvalue weighted by atomic mass is 16.8. The van der Waals surface area contributed by atoms with Gasteiger partial charge in [-0.2, -0.15) is 0 Å². The predicted molar refractivity (Wildman–Crippen MR) is 35.3 cm³/mol. The number of esters is 1. The number of rotatable bonds is 2. The van der Waals surface area contributed by atoms with Crippen molar-refractivity contribution >= 4 is 5.97 Å². The highest BCUT2D eigenvalue weighted by Crippen LogP contribution is 2.20. The molecule has 0 bridgehead atoms. The predicted octanol–water partition coefficient (Wildman–Crippen LogP) is -1.41. The van der Waals surface area contributed by atoms with Crippen LogP contribution in [0.5, 0.6) is 0 Å². The van der Waals surface area contributed by atoms with Crippen molar-refractivity contribution in [3.8, 4) is 0 Å². The largest absolute Gasteiger partial charge is 0.505 e. The first kappa shape index (κ1) is 8.82. The van der Waals surface area contributed by atoms with E-state index in [0.717, 1.165) is 0 Å². The number of cyclic esters (lactones) is 1. The lowest BCUT2D eigenvalue weighted by molar-refractivity contribution is -0.147. The van der Waals surface area contributed by atoms with E-state index < -0.39 is 36.3 Å². The van der Waals surface area contributed by atoms with Gasteiger partial charge in [0.2, 0.25) is 5.76 Å². The Balaban J connectivity index is 2.80. The molecule has 1 rings (SSSR count). The maximum absolute atomic E-state index is 10.5. The molecule has 0 amide bonds. The van der Waals surface area contributed by atoms with E-state index in [2.05, 4.69) is 4.74 Å². The minimum Gasteiger partial charge on any atom is -0.505 e. The molecule has 4 N–H and O–H groups in total. The molecule has 0 aromatic heterocycles. The summed E-state index contributed by atoms with van der Waals surface area (Å²) in [5, 5.41) is 35.0. The first-order valence-corrected chi connectivity index (χ1v) is 3.20. The van der Waals surface area contributed by atoms with Gasteiger partial charge in [-0.3, -0.25) is 0 Å². The molecule has 2 atom stereocenters. The van der Waals surface area contributed by atoms with E-state index in [1.165, 1.54) is 0 Å². The lowest BCUT2D eigenvalue weighted by Gasteiger charge is -2.13. The molecule has 0 fully saturated rings. The van der Waals surface area contributed by atoms with Gasteiger partial charge in [0.15, 0.2) is 11.9 Å². The molecule has 0 saturated heterocycles. The Morgan fingerprint density at radius 2 is 2.08 bits per heavy atom. The molecule has 0 aromatic rings. The molecule has 68 valence electrons. The van der Waals surface area contributed by atoms with Crippen LogP contribution in [-0.4, -0.2) is 45.2 Å². The number of carbonyl (C=O) groups is 1. The standard InChI is InChI=1S/C6H8O6/c7-1-2(8)5-3(9)4(10)6(11)12-5/h2,5,7-10H,1H2/t2?,5-/m0/s1/i1+1,2+1,3+1,4+1,5+1,6+1. The molecular formula is C6H8O6. The fraction of sp³-hybridized carbons (Fsp3) is 0.500. The summed E-state index contributed by atoms with van der Waals surface area (Å²) in [7, 11) is 0. The molecule has 1 heterocycles. The van der Waals surface area contributed by atoms with Gasteiger partial charge in [0.1, 0.15) is 6.10 Å². The van der Waals surface area contributed by atoms with Crippen LogP contribution in [0.15, 0.2) is 11.5 Å². The molecule has 0 radical (unpaired) electrons. The zero-order valence-electron chi connectivity index (χ0n) is 5.97. The second-order valence-corrected chi connectivity index (χ2v) is 2.31. The van der Waals surface area contributed by atoms with Gasteiger partial charge in [0.25, 0.3) is 0 Å². The number of carbonyl (C=O) groups excluding carboxylic acids is 1. The summed E-state index contributed by atoms with van der Waals surface area (Å²) in [5.41, 5.74) is 0. The van der Waals surface area contributed by atoms with E-state index in [4.69, 9.17) is 20.4 Å². The van der Waals surface area contributed by atoms with Gasteiger partial charge in [0.05, 0.1) is 6.61 Å². The lowest BCUT2D eigenvalue weighted by Crippen LogP contribution is -2.31. The molecule has 1 aliphatic heterocycles. The zero-order valence-corrected chi connectivity index (χ0v) is 5.97. The second-order valence-electron chi connectivity index (χ2n) is 2.31. The van der Waals surface area contributed by atoms with Crippen molar-refractivity contribution in [3.05, 3.63) is 11.5 Å². The smallest absolute Gasteiger partial charge is 0.377 e. The average Bonchev–Trinajstić information content (AvgIpc) is 2.32. The van der Waals surface area contributed by atoms with Crippen molar-refractivity contribution in [2.75, 3.05) is 6.61 Å². The summed E-state index contributed by atoms with van der Waals surface area (Å²) in [6.45, 7) is -0.671. The van der Waals surface area contributed by atoms with Gasteiger partial charge in [-0.25, -0.2) is 4.79 Å². The van der Waals surface area contributed by atoms with E-state index in [0.29, 0.717) is 0 Å². The normalized spacial score (nSPS) is 25.8. The molecule has 0 spiro atoms. The van der Waals surface area contributed by atoms with Crippen LogP contribution in [0.4, 0.5) is 0 Å². The highest BCUT2D eigenvalue weighted by Gasteiger charge is 2.38. The molecule has 0 aliphatic carbocycles. The van der Waals surface area contributed by atoms with Gasteiger partial charge >= 0.3 is 5.97 Å². The van der Waals surface area contributed by atoms with Crippen LogP contribution in [0.25, 0.3) is 0 Å². The molecule has 0 aromatic carbocycles. The Hall–Kier alpha value is -1.27. The monoisotopic (exact) mass is 182 g/mol. The molecule has 1 unspecified atom stereocenters. The topological polar surface area (TPSA) is 107 Å². The average molecular weight is 182 g/mol. The minimum absolute atomic E-state index is 0.671. The number of hydrogen-bond acceptors (Lipinski definition) is 6. The maximum atomic E-state index is 10.5. The maximum Gasteiger partial charge on any atom is 0.377 e. The number of aliphatic hydroxyl groups excluding tert-OH is 4. The van der Waals surface area contributed by atoms with Crippen LogP contribution in [0.1, 0.15) is 0 Å². The quantitative estimate of drug-likeness (QED) is 0.309. The Morgan fingerprint density at radius 1 is 1.50 bits per heavy atom. The summed E-state index contributed by atoms with van der Waals surface area (Å²) in [6, 6.07) is 0. The third-order valence-electron chi connectivity index (χ3n) is 1.48. The first-order valence-electron chi connectivity index (χ1n) is 3.20. The van der Waals surface area contributed by atoms with Crippen LogP contribution in [0.2, 0.25) is 0 Å². The Labute approximate surface area is 67.3 Å². The molecule has 6 heteroatoms. The lowest BCUT2D eigenvalue weighted by atomic mass is 11.1. The van der Waals surface area contributed by atoms with Gasteiger partial charge < -0.3 is 25.2 Å². The molecule has 12 heavy (non-hydrogen) atoms. The van der Waals surface area contributed by atoms with Gasteiger partial charge in [0, 0.05) is 0 Å². The fourth-order valence-electron chi connectivity index (χ4n) is 0.823. The van der Waals surface area contributed by atoms with Gasteiger partial charge in [-0.15, -0.1) is 0 Å². The zero-order chi connectivity index (χ0) is 9.30. The van der Waals surface area contributed by atoms with Crippen LogP contribution >= 0.6 is 0 Å². The SMILES string of the molecule is O=[13C]1O[13C@@H]([13CH](O)[13CH2]O)[13C](O)=[13C]1O. The molecule has 6 nitrogen and oxygen atoms in total. The van der Waals surface area contributed by atoms with Crippen molar-refractivity contribution < 1.29 is 30.0 Å². The van der Waals surface area contributed by atoms with Gasteiger partial charge in [-0.1, -0.05) is 0 Å². The van der Waals surface area contributed by atoms with Crippen LogP contribution in [-0.2, 0) is 9.53 Å². The van der Waals surface area contributed by atoms with Crippen molar-refractivity contribution in [2.24, 2.45) is 0 Å². The number of hydrogen-bond donors (Lipinski definition) is 4. The van der Waals surface area contributed by atoms with E-state index in [-0.39, 0.29) is 0 Å². The summed E-state index contributed by atoms with van der Waals surface area (Å²) in [4.78, 5) is 10.5. The van der Waals surface area contributed by atoms with E-state index in [9.17, 15) is 4.79 Å². The van der Waals surface area contributed by atoms with E-state index in [1.807, 2.05) is 0 Å². The number of ether oxygens (including phenoxy) is 1. The summed E-state index contributed by atoms with van der Waals surface area (Å²) in [5.74, 6) is -2.78. The molecule has 1 aliphatic rings. The van der Waals surface area contributed by atoms with Gasteiger partial charge in [-0.05, 0) is 0 Å². The van der Waals surface area contributed by atoms with Crippen molar-refractivity contribution in [1.29, 1.82) is 0 Å². The summed E-state index contributed by atoms with van der Waals surface area (Å²) >= 11 is 0. The van der Waals surface area contributed by atoms with E-state index in [1.54, 1.807) is 0 Å². The molecular weight excluding hydrogens is 174 g/mol. The van der Waals surface area contributed by atoms with Crippen molar-refractivity contribution in [2.45, 2.75) is 12.2 Å². The highest BCUT2D eigenvalue weighted by molar-refractivity contribution is 5.89. The Morgan fingerprint density at radius 3 is 2.42 bits per heavy atom. The van der Waals surface area contributed by atoms with Crippen LogP contribution in [0, 0.1) is 0 Å². The Kier molecular flexibility index (Phi) is 2.20. The summed E-state index contributed by atoms with van der Waals surface area (Å²) in [6.07, 6.45) is -2.78. The van der Waals surface area contributed by atoms with Crippen molar-refractivity contribution in [3.63, 3.8) is 0 Å².